The number of nitrogens with one attached hydrogen (secondary N) is 1. The van der Waals surface area contributed by atoms with Crippen molar-refractivity contribution in [2.24, 2.45) is 0 Å². The molecule has 2 N–H and O–H groups in total. The van der Waals surface area contributed by atoms with Gasteiger partial charge in [-0.2, -0.15) is 0 Å². The molecule has 3 nitrogen and oxygen atoms in total. The Bertz CT molecular complexity index is 623. The van der Waals surface area contributed by atoms with Gasteiger partial charge < -0.3 is 10.4 Å². The summed E-state index contributed by atoms with van der Waals surface area (Å²) in [7, 11) is 0. The molecular formula is C16H16FNO2. The lowest BCUT2D eigenvalue weighted by atomic mass is 10.1. The van der Waals surface area contributed by atoms with Gasteiger partial charge in [-0.15, -0.1) is 0 Å². The van der Waals surface area contributed by atoms with E-state index in [9.17, 15) is 14.3 Å². The van der Waals surface area contributed by atoms with Crippen LogP contribution in [0.5, 0.6) is 5.75 Å². The lowest BCUT2D eigenvalue weighted by Gasteiger charge is -2.14. The Kier molecular flexibility index (Phi) is 4.03. The first-order chi connectivity index (χ1) is 9.47. The topological polar surface area (TPSA) is 49.3 Å². The third-order valence-corrected chi connectivity index (χ3v) is 3.18. The number of hydrogen-bond donors (Lipinski definition) is 2. The van der Waals surface area contributed by atoms with Crippen LogP contribution in [0.3, 0.4) is 0 Å². The number of phenolic OH excluding ortho intramolecular Hbond substituents is 1. The van der Waals surface area contributed by atoms with Gasteiger partial charge in [-0.05, 0) is 55.3 Å². The van der Waals surface area contributed by atoms with Crippen LogP contribution in [0.15, 0.2) is 42.5 Å². The second kappa shape index (κ2) is 5.74. The van der Waals surface area contributed by atoms with Crippen LogP contribution in [-0.2, 0) is 0 Å². The number of amides is 1. The molecule has 2 aromatic carbocycles. The SMILES string of the molecule is Cc1cc(C(=O)NC(C)c2ccc(F)cc2)ccc1O. The maximum atomic E-state index is 12.8. The van der Waals surface area contributed by atoms with Gasteiger partial charge >= 0.3 is 0 Å². The van der Waals surface area contributed by atoms with Gasteiger partial charge in [-0.3, -0.25) is 4.79 Å². The monoisotopic (exact) mass is 273 g/mol. The second-order valence-corrected chi connectivity index (χ2v) is 4.75. The zero-order valence-electron chi connectivity index (χ0n) is 11.4. The number of aryl methyl sites for hydroxylation is 1. The summed E-state index contributed by atoms with van der Waals surface area (Å²) in [5.74, 6) is -0.375. The van der Waals surface area contributed by atoms with E-state index in [4.69, 9.17) is 0 Å². The number of carbonyl (C=O) groups is 1. The van der Waals surface area contributed by atoms with E-state index in [2.05, 4.69) is 5.32 Å². The highest BCUT2D eigenvalue weighted by Crippen LogP contribution is 2.18. The van der Waals surface area contributed by atoms with E-state index in [0.29, 0.717) is 11.1 Å². The smallest absolute Gasteiger partial charge is 0.251 e. The van der Waals surface area contributed by atoms with Crippen molar-refractivity contribution in [3.05, 3.63) is 65.0 Å². The highest BCUT2D eigenvalue weighted by molar-refractivity contribution is 5.94. The first kappa shape index (κ1) is 14.1. The van der Waals surface area contributed by atoms with E-state index in [0.717, 1.165) is 5.56 Å². The predicted octanol–water partition coefficient (Wildman–Crippen LogP) is 3.33. The van der Waals surface area contributed by atoms with Crippen molar-refractivity contribution in [1.29, 1.82) is 0 Å². The van der Waals surface area contributed by atoms with E-state index in [1.165, 1.54) is 18.2 Å². The van der Waals surface area contributed by atoms with Crippen molar-refractivity contribution < 1.29 is 14.3 Å². The number of aromatic hydroxyl groups is 1. The van der Waals surface area contributed by atoms with Crippen molar-refractivity contribution in [2.75, 3.05) is 0 Å². The van der Waals surface area contributed by atoms with E-state index >= 15 is 0 Å². The Labute approximate surface area is 117 Å². The summed E-state index contributed by atoms with van der Waals surface area (Å²) in [6.07, 6.45) is 0. The summed E-state index contributed by atoms with van der Waals surface area (Å²) in [6, 6.07) is 10.5. The molecule has 0 saturated heterocycles. The van der Waals surface area contributed by atoms with Crippen LogP contribution in [0.4, 0.5) is 4.39 Å². The summed E-state index contributed by atoms with van der Waals surface area (Å²) in [5.41, 5.74) is 1.96. The maximum Gasteiger partial charge on any atom is 0.251 e. The molecule has 2 aromatic rings. The third-order valence-electron chi connectivity index (χ3n) is 3.18. The van der Waals surface area contributed by atoms with E-state index in [-0.39, 0.29) is 23.5 Å². The van der Waals surface area contributed by atoms with Gasteiger partial charge in [0.05, 0.1) is 6.04 Å². The summed E-state index contributed by atoms with van der Waals surface area (Å²) >= 11 is 0. The first-order valence-corrected chi connectivity index (χ1v) is 6.33. The molecule has 1 unspecified atom stereocenters. The molecular weight excluding hydrogens is 257 g/mol. The molecule has 4 heteroatoms. The number of phenols is 1. The molecule has 0 aromatic heterocycles. The van der Waals surface area contributed by atoms with Crippen LogP contribution >= 0.6 is 0 Å². The van der Waals surface area contributed by atoms with Crippen molar-refractivity contribution in [2.45, 2.75) is 19.9 Å². The van der Waals surface area contributed by atoms with Crippen molar-refractivity contribution in [3.8, 4) is 5.75 Å². The lowest BCUT2D eigenvalue weighted by Crippen LogP contribution is -2.26. The minimum atomic E-state index is -0.304. The van der Waals surface area contributed by atoms with E-state index in [1.807, 2.05) is 6.92 Å². The normalized spacial score (nSPS) is 11.9. The summed E-state index contributed by atoms with van der Waals surface area (Å²) < 4.78 is 12.8. The van der Waals surface area contributed by atoms with Gasteiger partial charge in [0.25, 0.3) is 5.91 Å². The number of carbonyl (C=O) groups excluding carboxylic acids is 1. The van der Waals surface area contributed by atoms with Gasteiger partial charge in [0.2, 0.25) is 0 Å². The van der Waals surface area contributed by atoms with Crippen LogP contribution in [0.25, 0.3) is 0 Å². The minimum absolute atomic E-state index is 0.160. The number of hydrogen-bond acceptors (Lipinski definition) is 2. The van der Waals surface area contributed by atoms with E-state index < -0.39 is 0 Å². The average molecular weight is 273 g/mol. The third kappa shape index (κ3) is 3.15. The Morgan fingerprint density at radius 1 is 1.20 bits per heavy atom. The highest BCUT2D eigenvalue weighted by Gasteiger charge is 2.12. The molecule has 1 atom stereocenters. The Morgan fingerprint density at radius 3 is 2.45 bits per heavy atom. The first-order valence-electron chi connectivity index (χ1n) is 6.33. The van der Waals surface area contributed by atoms with E-state index in [1.54, 1.807) is 31.2 Å². The fraction of sp³-hybridized carbons (Fsp3) is 0.188. The molecule has 104 valence electrons. The maximum absolute atomic E-state index is 12.8. The molecule has 0 aliphatic heterocycles. The largest absolute Gasteiger partial charge is 0.508 e. The minimum Gasteiger partial charge on any atom is -0.508 e. The zero-order valence-corrected chi connectivity index (χ0v) is 11.4. The molecule has 2 rings (SSSR count). The van der Waals surface area contributed by atoms with Crippen LogP contribution in [0.2, 0.25) is 0 Å². The highest BCUT2D eigenvalue weighted by atomic mass is 19.1. The second-order valence-electron chi connectivity index (χ2n) is 4.75. The summed E-state index contributed by atoms with van der Waals surface area (Å²) in [6.45, 7) is 3.56. The molecule has 20 heavy (non-hydrogen) atoms. The standard InChI is InChI=1S/C16H16FNO2/c1-10-9-13(5-8-15(10)19)16(20)18-11(2)12-3-6-14(17)7-4-12/h3-9,11,19H,1-2H3,(H,18,20). The summed E-state index contributed by atoms with van der Waals surface area (Å²) in [4.78, 5) is 12.1. The Hall–Kier alpha value is -2.36. The number of halogens is 1. The molecule has 0 aliphatic rings. The number of rotatable bonds is 3. The molecule has 0 spiro atoms. The molecule has 0 radical (unpaired) electrons. The van der Waals surface area contributed by atoms with Crippen molar-refractivity contribution in [3.63, 3.8) is 0 Å². The summed E-state index contributed by atoms with van der Waals surface area (Å²) in [5, 5.41) is 12.3. The molecule has 1 amide bonds. The fourth-order valence-corrected chi connectivity index (χ4v) is 1.91. The van der Waals surface area contributed by atoms with Gasteiger partial charge in [0.15, 0.2) is 0 Å². The van der Waals surface area contributed by atoms with Crippen molar-refractivity contribution in [1.82, 2.24) is 5.32 Å². The van der Waals surface area contributed by atoms with Gasteiger partial charge in [-0.1, -0.05) is 12.1 Å². The van der Waals surface area contributed by atoms with Crippen LogP contribution in [0, 0.1) is 12.7 Å². The molecule has 0 heterocycles. The van der Waals surface area contributed by atoms with Crippen LogP contribution in [0.1, 0.15) is 34.5 Å². The Morgan fingerprint density at radius 2 is 1.85 bits per heavy atom. The average Bonchev–Trinajstić information content (AvgIpc) is 2.42. The lowest BCUT2D eigenvalue weighted by molar-refractivity contribution is 0.0940. The van der Waals surface area contributed by atoms with Crippen LogP contribution in [-0.4, -0.2) is 11.0 Å². The fourth-order valence-electron chi connectivity index (χ4n) is 1.91. The number of benzene rings is 2. The molecule has 0 fully saturated rings. The zero-order chi connectivity index (χ0) is 14.7. The molecule has 0 bridgehead atoms. The molecule has 0 aliphatic carbocycles. The quantitative estimate of drug-likeness (QED) is 0.901. The van der Waals surface area contributed by atoms with Gasteiger partial charge in [0, 0.05) is 5.56 Å². The van der Waals surface area contributed by atoms with Gasteiger partial charge in [-0.25, -0.2) is 4.39 Å². The van der Waals surface area contributed by atoms with Crippen LogP contribution < -0.4 is 5.32 Å². The van der Waals surface area contributed by atoms with Gasteiger partial charge in [0.1, 0.15) is 11.6 Å². The molecule has 0 saturated carbocycles. The van der Waals surface area contributed by atoms with Crippen molar-refractivity contribution >= 4 is 5.91 Å². The Balaban J connectivity index is 2.10. The predicted molar refractivity (Wildman–Crippen MR) is 75.1 cm³/mol.